The van der Waals surface area contributed by atoms with Crippen LogP contribution in [0.4, 0.5) is 15.8 Å². The standard InChI is InChI=1S/C19H13BrFN5O4/c1-22-11-2-5-14(6-3-11)29-10-13(27)9-17-18(26-30-25-17)19(24-28)23-12-4-7-16(21)15(20)8-12/h2-8,28H,9-10H2,(H,23,24). The molecule has 0 aliphatic heterocycles. The zero-order valence-corrected chi connectivity index (χ0v) is 16.8. The van der Waals surface area contributed by atoms with Crippen molar-refractivity contribution < 1.29 is 23.8 Å². The lowest BCUT2D eigenvalue weighted by atomic mass is 10.2. The lowest BCUT2D eigenvalue weighted by Crippen LogP contribution is -2.23. The van der Waals surface area contributed by atoms with Crippen molar-refractivity contribution in [3.8, 4) is 5.75 Å². The van der Waals surface area contributed by atoms with Gasteiger partial charge in [0.2, 0.25) is 0 Å². The number of hydrogen-bond acceptors (Lipinski definition) is 7. The maximum atomic E-state index is 13.4. The number of carbonyl (C=O) groups is 1. The Hall–Kier alpha value is -3.62. The van der Waals surface area contributed by atoms with E-state index in [0.29, 0.717) is 17.1 Å². The van der Waals surface area contributed by atoms with Crippen LogP contribution >= 0.6 is 15.9 Å². The van der Waals surface area contributed by atoms with Crippen LogP contribution in [0.15, 0.2) is 56.6 Å². The molecular formula is C19H13BrFN5O4. The Morgan fingerprint density at radius 2 is 2.07 bits per heavy atom. The number of amidine groups is 1. The van der Waals surface area contributed by atoms with Crippen molar-refractivity contribution in [3.63, 3.8) is 0 Å². The van der Waals surface area contributed by atoms with Gasteiger partial charge < -0.3 is 4.74 Å². The van der Waals surface area contributed by atoms with E-state index < -0.39 is 5.82 Å². The minimum atomic E-state index is -0.467. The summed E-state index contributed by atoms with van der Waals surface area (Å²) in [5, 5.41) is 16.8. The van der Waals surface area contributed by atoms with Gasteiger partial charge in [-0.05, 0) is 51.4 Å². The summed E-state index contributed by atoms with van der Waals surface area (Å²) in [5.41, 5.74) is 2.81. The highest BCUT2D eigenvalue weighted by Gasteiger charge is 2.19. The summed E-state index contributed by atoms with van der Waals surface area (Å²) < 4.78 is 23.6. The van der Waals surface area contributed by atoms with Gasteiger partial charge in [0.05, 0.1) is 23.2 Å². The summed E-state index contributed by atoms with van der Waals surface area (Å²) in [4.78, 5) is 19.7. The van der Waals surface area contributed by atoms with E-state index >= 15 is 0 Å². The number of nitrogens with one attached hydrogen (secondary N) is 1. The highest BCUT2D eigenvalue weighted by atomic mass is 79.9. The Labute approximate surface area is 178 Å². The molecule has 0 saturated heterocycles. The molecule has 0 aliphatic rings. The number of hydrogen-bond donors (Lipinski definition) is 2. The third kappa shape index (κ3) is 5.25. The van der Waals surface area contributed by atoms with Gasteiger partial charge in [0.25, 0.3) is 0 Å². The first-order chi connectivity index (χ1) is 14.5. The average molecular weight is 474 g/mol. The van der Waals surface area contributed by atoms with Crippen molar-refractivity contribution in [3.05, 3.63) is 75.6 Å². The SMILES string of the molecule is [C-]#[N+]c1ccc(OCC(=O)Cc2nonc2C(=Nc2ccc(F)c(Br)c2)NO)cc1. The van der Waals surface area contributed by atoms with Crippen molar-refractivity contribution in [1.29, 1.82) is 0 Å². The molecule has 1 aromatic heterocycles. The van der Waals surface area contributed by atoms with Crippen molar-refractivity contribution in [1.82, 2.24) is 15.8 Å². The first-order valence-corrected chi connectivity index (χ1v) is 9.17. The molecule has 0 radical (unpaired) electrons. The van der Waals surface area contributed by atoms with Crippen LogP contribution in [0.5, 0.6) is 5.75 Å². The minimum Gasteiger partial charge on any atom is -0.486 e. The highest BCUT2D eigenvalue weighted by molar-refractivity contribution is 9.10. The lowest BCUT2D eigenvalue weighted by molar-refractivity contribution is -0.120. The molecule has 11 heteroatoms. The molecule has 3 rings (SSSR count). The van der Waals surface area contributed by atoms with Gasteiger partial charge >= 0.3 is 0 Å². The fraction of sp³-hybridized carbons (Fsp3) is 0.105. The molecule has 0 unspecified atom stereocenters. The van der Waals surface area contributed by atoms with E-state index in [1.807, 2.05) is 5.48 Å². The predicted octanol–water partition coefficient (Wildman–Crippen LogP) is 3.77. The monoisotopic (exact) mass is 473 g/mol. The van der Waals surface area contributed by atoms with Gasteiger partial charge in [-0.15, -0.1) is 0 Å². The number of halogens is 2. The Kier molecular flexibility index (Phi) is 6.84. The fourth-order valence-corrected chi connectivity index (χ4v) is 2.70. The molecule has 0 atom stereocenters. The molecular weight excluding hydrogens is 461 g/mol. The van der Waals surface area contributed by atoms with Crippen LogP contribution in [0.1, 0.15) is 11.4 Å². The van der Waals surface area contributed by atoms with E-state index in [0.717, 1.165) is 0 Å². The topological polar surface area (TPSA) is 114 Å². The summed E-state index contributed by atoms with van der Waals surface area (Å²) in [5.74, 6) is -0.489. The van der Waals surface area contributed by atoms with Crippen LogP contribution in [-0.2, 0) is 11.2 Å². The first-order valence-electron chi connectivity index (χ1n) is 8.38. The predicted molar refractivity (Wildman–Crippen MR) is 106 cm³/mol. The average Bonchev–Trinajstić information content (AvgIpc) is 3.21. The number of aliphatic imine (C=N–C) groups is 1. The molecule has 9 nitrogen and oxygen atoms in total. The molecule has 2 aromatic carbocycles. The highest BCUT2D eigenvalue weighted by Crippen LogP contribution is 2.23. The summed E-state index contributed by atoms with van der Waals surface area (Å²) in [6.07, 6.45) is -0.188. The van der Waals surface area contributed by atoms with Crippen LogP contribution in [0.25, 0.3) is 4.85 Å². The smallest absolute Gasteiger partial charge is 0.187 e. The van der Waals surface area contributed by atoms with Gasteiger partial charge in [-0.25, -0.2) is 18.9 Å². The molecule has 0 bridgehead atoms. The minimum absolute atomic E-state index is 0.0210. The third-order valence-corrected chi connectivity index (χ3v) is 4.37. The maximum Gasteiger partial charge on any atom is 0.187 e. The van der Waals surface area contributed by atoms with Crippen LogP contribution in [0.2, 0.25) is 0 Å². The number of benzene rings is 2. The number of carbonyl (C=O) groups excluding carboxylic acids is 1. The van der Waals surface area contributed by atoms with Crippen LogP contribution in [-0.4, -0.2) is 33.7 Å². The van der Waals surface area contributed by atoms with E-state index in [1.54, 1.807) is 24.3 Å². The molecule has 3 aromatic rings. The normalized spacial score (nSPS) is 11.1. The molecule has 0 aliphatic carbocycles. The quantitative estimate of drug-likeness (QED) is 0.232. The van der Waals surface area contributed by atoms with E-state index in [1.165, 1.54) is 18.2 Å². The summed E-state index contributed by atoms with van der Waals surface area (Å²) in [6, 6.07) is 10.3. The first kappa shape index (κ1) is 21.1. The van der Waals surface area contributed by atoms with Crippen LogP contribution < -0.4 is 10.2 Å². The van der Waals surface area contributed by atoms with Gasteiger partial charge in [0.1, 0.15) is 23.9 Å². The van der Waals surface area contributed by atoms with Crippen molar-refractivity contribution in [2.24, 2.45) is 4.99 Å². The molecule has 0 amide bonds. The van der Waals surface area contributed by atoms with E-state index in [2.05, 4.69) is 40.7 Å². The van der Waals surface area contributed by atoms with Crippen LogP contribution in [0.3, 0.4) is 0 Å². The molecule has 152 valence electrons. The van der Waals surface area contributed by atoms with Gasteiger partial charge in [-0.3, -0.25) is 15.5 Å². The number of hydroxylamine groups is 1. The zero-order chi connectivity index (χ0) is 21.5. The second-order valence-electron chi connectivity index (χ2n) is 5.84. The third-order valence-electron chi connectivity index (χ3n) is 3.76. The summed E-state index contributed by atoms with van der Waals surface area (Å²) in [6.45, 7) is 6.67. The van der Waals surface area contributed by atoms with Gasteiger partial charge in [-0.1, -0.05) is 17.3 Å². The van der Waals surface area contributed by atoms with Crippen molar-refractivity contribution in [2.45, 2.75) is 6.42 Å². The van der Waals surface area contributed by atoms with Gasteiger partial charge in [0, 0.05) is 0 Å². The molecule has 2 N–H and O–H groups in total. The van der Waals surface area contributed by atoms with Crippen LogP contribution in [0, 0.1) is 12.4 Å². The number of rotatable bonds is 7. The Morgan fingerprint density at radius 3 is 2.73 bits per heavy atom. The summed E-state index contributed by atoms with van der Waals surface area (Å²) >= 11 is 3.05. The number of ether oxygens (including phenoxy) is 1. The largest absolute Gasteiger partial charge is 0.486 e. The number of ketones is 1. The Morgan fingerprint density at radius 1 is 1.30 bits per heavy atom. The molecule has 1 heterocycles. The molecule has 0 fully saturated rings. The van der Waals surface area contributed by atoms with E-state index in [4.69, 9.17) is 11.3 Å². The zero-order valence-electron chi connectivity index (χ0n) is 15.2. The Balaban J connectivity index is 1.69. The van der Waals surface area contributed by atoms with Gasteiger partial charge in [-0.2, -0.15) is 0 Å². The molecule has 0 saturated carbocycles. The van der Waals surface area contributed by atoms with Crippen molar-refractivity contribution >= 4 is 38.9 Å². The number of aromatic nitrogens is 2. The second kappa shape index (κ2) is 9.73. The van der Waals surface area contributed by atoms with Crippen molar-refractivity contribution in [2.75, 3.05) is 6.61 Å². The second-order valence-corrected chi connectivity index (χ2v) is 6.69. The summed E-state index contributed by atoms with van der Waals surface area (Å²) in [7, 11) is 0. The number of nitrogens with zero attached hydrogens (tertiary/aromatic N) is 4. The molecule has 30 heavy (non-hydrogen) atoms. The lowest BCUT2D eigenvalue weighted by Gasteiger charge is -2.06. The maximum absolute atomic E-state index is 13.4. The van der Waals surface area contributed by atoms with E-state index in [-0.39, 0.29) is 40.5 Å². The number of Topliss-reactive ketones (excluding diaryl/α,β-unsaturated/α-hetero) is 1. The molecule has 0 spiro atoms. The van der Waals surface area contributed by atoms with E-state index in [9.17, 15) is 14.4 Å². The fourth-order valence-electron chi connectivity index (χ4n) is 2.34. The van der Waals surface area contributed by atoms with Gasteiger partial charge in [0.15, 0.2) is 23.0 Å². The Bertz CT molecular complexity index is 1120.